The van der Waals surface area contributed by atoms with Gasteiger partial charge in [0.05, 0.1) is 0 Å². The summed E-state index contributed by atoms with van der Waals surface area (Å²) in [6, 6.07) is 0. The summed E-state index contributed by atoms with van der Waals surface area (Å²) in [6.45, 7) is 1.59. The summed E-state index contributed by atoms with van der Waals surface area (Å²) in [5.74, 6) is 0. The Labute approximate surface area is 56.3 Å². The fourth-order valence-corrected chi connectivity index (χ4v) is 0.449. The van der Waals surface area contributed by atoms with Gasteiger partial charge in [0, 0.05) is 0 Å². The Morgan fingerprint density at radius 3 is 2.11 bits per heavy atom. The van der Waals surface area contributed by atoms with Crippen LogP contribution < -0.4 is 0 Å². The second kappa shape index (κ2) is 3.11. The third-order valence-electron chi connectivity index (χ3n) is 0.654. The summed E-state index contributed by atoms with van der Waals surface area (Å²) in [5.41, 5.74) is 0. The number of alkyl halides is 3. The van der Waals surface area contributed by atoms with Crippen molar-refractivity contribution in [1.29, 1.82) is 0 Å². The maximum atomic E-state index is 11.4. The van der Waals surface area contributed by atoms with Gasteiger partial charge in [-0.15, -0.1) is 0 Å². The van der Waals surface area contributed by atoms with Crippen LogP contribution in [-0.2, 0) is 0 Å². The summed E-state index contributed by atoms with van der Waals surface area (Å²) in [4.78, 5) is 0. The van der Waals surface area contributed by atoms with Crippen LogP contribution in [0.2, 0.25) is 0 Å². The van der Waals surface area contributed by atoms with Gasteiger partial charge in [-0.3, -0.25) is 0 Å². The summed E-state index contributed by atoms with van der Waals surface area (Å²) in [5, 5.41) is -1.04. The molecular weight excluding hydrogens is 153 g/mol. The molecule has 0 unspecified atom stereocenters. The molecule has 0 nitrogen and oxygen atoms in total. The van der Waals surface area contributed by atoms with E-state index in [9.17, 15) is 13.2 Å². The van der Waals surface area contributed by atoms with E-state index in [0.717, 1.165) is 6.08 Å². The van der Waals surface area contributed by atoms with Crippen LogP contribution in [0.3, 0.4) is 0 Å². The van der Waals surface area contributed by atoms with Gasteiger partial charge < -0.3 is 0 Å². The molecule has 0 atom stereocenters. The average Bonchev–Trinajstić information content (AvgIpc) is 1.64. The SMILES string of the molecule is CC/C=C(\Cl)C(F)(F)F. The lowest BCUT2D eigenvalue weighted by Crippen LogP contribution is -2.06. The topological polar surface area (TPSA) is 0 Å². The molecule has 4 heteroatoms. The summed E-state index contributed by atoms with van der Waals surface area (Å²) >= 11 is 4.79. The molecular formula is C5H6ClF3. The van der Waals surface area contributed by atoms with Crippen molar-refractivity contribution in [2.24, 2.45) is 0 Å². The molecule has 0 aliphatic rings. The fourth-order valence-electron chi connectivity index (χ4n) is 0.295. The predicted molar refractivity (Wildman–Crippen MR) is 30.3 cm³/mol. The Balaban J connectivity index is 4.03. The Hall–Kier alpha value is -0.180. The van der Waals surface area contributed by atoms with Crippen molar-refractivity contribution >= 4 is 11.6 Å². The summed E-state index contributed by atoms with van der Waals surface area (Å²) in [6.07, 6.45) is -3.13. The Bertz CT molecular complexity index is 114. The highest BCUT2D eigenvalue weighted by Crippen LogP contribution is 2.28. The predicted octanol–water partition coefficient (Wildman–Crippen LogP) is 3.08. The van der Waals surface area contributed by atoms with E-state index in [0.29, 0.717) is 6.42 Å². The fraction of sp³-hybridized carbons (Fsp3) is 0.600. The number of rotatable bonds is 1. The molecule has 0 aromatic carbocycles. The van der Waals surface area contributed by atoms with Crippen LogP contribution in [0.25, 0.3) is 0 Å². The third-order valence-corrected chi connectivity index (χ3v) is 1.02. The van der Waals surface area contributed by atoms with Gasteiger partial charge in [-0.1, -0.05) is 24.6 Å². The lowest BCUT2D eigenvalue weighted by molar-refractivity contribution is -0.0847. The molecule has 0 aliphatic heterocycles. The van der Waals surface area contributed by atoms with Crippen molar-refractivity contribution in [3.05, 3.63) is 11.1 Å². The lowest BCUT2D eigenvalue weighted by Gasteiger charge is -2.01. The molecule has 0 aliphatic carbocycles. The molecule has 0 bridgehead atoms. The third kappa shape index (κ3) is 3.40. The molecule has 0 saturated carbocycles. The molecule has 0 heterocycles. The Morgan fingerprint density at radius 1 is 1.56 bits per heavy atom. The first-order chi connectivity index (χ1) is 3.98. The highest BCUT2D eigenvalue weighted by Gasteiger charge is 2.31. The van der Waals surface area contributed by atoms with Gasteiger partial charge in [0.2, 0.25) is 0 Å². The standard InChI is InChI=1S/C5H6ClF3/c1-2-3-4(6)5(7,8)9/h3H,2H2,1H3/b4-3-. The zero-order valence-electron chi connectivity index (χ0n) is 4.80. The largest absolute Gasteiger partial charge is 0.426 e. The Kier molecular flexibility index (Phi) is 3.04. The smallest absolute Gasteiger partial charge is 0.165 e. The van der Waals surface area contributed by atoms with E-state index < -0.39 is 11.2 Å². The number of allylic oxidation sites excluding steroid dienone is 2. The minimum absolute atomic E-state index is 0.304. The van der Waals surface area contributed by atoms with Crippen molar-refractivity contribution < 1.29 is 13.2 Å². The minimum atomic E-state index is -4.36. The molecule has 0 N–H and O–H groups in total. The first-order valence-electron chi connectivity index (χ1n) is 2.41. The van der Waals surface area contributed by atoms with Crippen molar-refractivity contribution in [1.82, 2.24) is 0 Å². The van der Waals surface area contributed by atoms with Gasteiger partial charge in [0.15, 0.2) is 0 Å². The van der Waals surface area contributed by atoms with Crippen LogP contribution in [0.15, 0.2) is 11.1 Å². The minimum Gasteiger partial charge on any atom is -0.165 e. The van der Waals surface area contributed by atoms with Crippen molar-refractivity contribution in [2.45, 2.75) is 19.5 Å². The van der Waals surface area contributed by atoms with E-state index in [2.05, 4.69) is 0 Å². The quantitative estimate of drug-likeness (QED) is 0.550. The van der Waals surface area contributed by atoms with Gasteiger partial charge in [-0.2, -0.15) is 13.2 Å². The zero-order chi connectivity index (χ0) is 7.49. The molecule has 0 rings (SSSR count). The molecule has 0 aromatic heterocycles. The molecule has 0 spiro atoms. The maximum absolute atomic E-state index is 11.4. The van der Waals surface area contributed by atoms with E-state index in [-0.39, 0.29) is 0 Å². The van der Waals surface area contributed by atoms with Gasteiger partial charge in [-0.25, -0.2) is 0 Å². The normalized spacial score (nSPS) is 14.1. The van der Waals surface area contributed by atoms with E-state index >= 15 is 0 Å². The van der Waals surface area contributed by atoms with Crippen LogP contribution in [0, 0.1) is 0 Å². The second-order valence-corrected chi connectivity index (χ2v) is 1.87. The molecule has 0 radical (unpaired) electrons. The number of hydrogen-bond donors (Lipinski definition) is 0. The summed E-state index contributed by atoms with van der Waals surface area (Å²) in [7, 11) is 0. The Morgan fingerprint density at radius 2 is 2.00 bits per heavy atom. The van der Waals surface area contributed by atoms with Crippen LogP contribution in [-0.4, -0.2) is 6.18 Å². The van der Waals surface area contributed by atoms with Gasteiger partial charge in [-0.05, 0) is 6.42 Å². The molecule has 0 amide bonds. The molecule has 0 saturated heterocycles. The highest BCUT2D eigenvalue weighted by atomic mass is 35.5. The average molecular weight is 159 g/mol. The van der Waals surface area contributed by atoms with Crippen LogP contribution in [0.4, 0.5) is 13.2 Å². The van der Waals surface area contributed by atoms with E-state index in [1.165, 1.54) is 0 Å². The first kappa shape index (κ1) is 8.82. The molecule has 0 fully saturated rings. The molecule has 0 aromatic rings. The lowest BCUT2D eigenvalue weighted by atomic mass is 10.4. The first-order valence-corrected chi connectivity index (χ1v) is 2.79. The number of hydrogen-bond acceptors (Lipinski definition) is 0. The molecule has 54 valence electrons. The second-order valence-electron chi connectivity index (χ2n) is 1.46. The van der Waals surface area contributed by atoms with Gasteiger partial charge in [0.25, 0.3) is 0 Å². The van der Waals surface area contributed by atoms with E-state index in [1.54, 1.807) is 6.92 Å². The van der Waals surface area contributed by atoms with Gasteiger partial charge >= 0.3 is 6.18 Å². The van der Waals surface area contributed by atoms with E-state index in [1.807, 2.05) is 0 Å². The summed E-state index contributed by atoms with van der Waals surface area (Å²) < 4.78 is 34.3. The maximum Gasteiger partial charge on any atom is 0.426 e. The molecule has 9 heavy (non-hydrogen) atoms. The van der Waals surface area contributed by atoms with Crippen LogP contribution >= 0.6 is 11.6 Å². The van der Waals surface area contributed by atoms with Crippen LogP contribution in [0.1, 0.15) is 13.3 Å². The van der Waals surface area contributed by atoms with Crippen molar-refractivity contribution in [3.8, 4) is 0 Å². The van der Waals surface area contributed by atoms with Gasteiger partial charge in [0.1, 0.15) is 5.03 Å². The van der Waals surface area contributed by atoms with Crippen molar-refractivity contribution in [3.63, 3.8) is 0 Å². The van der Waals surface area contributed by atoms with Crippen molar-refractivity contribution in [2.75, 3.05) is 0 Å². The highest BCUT2D eigenvalue weighted by molar-refractivity contribution is 6.30. The zero-order valence-corrected chi connectivity index (χ0v) is 5.55. The number of halogens is 4. The van der Waals surface area contributed by atoms with Crippen LogP contribution in [0.5, 0.6) is 0 Å². The van der Waals surface area contributed by atoms with E-state index in [4.69, 9.17) is 11.6 Å². The monoisotopic (exact) mass is 158 g/mol.